The van der Waals surface area contributed by atoms with Crippen LogP contribution < -0.4 is 5.56 Å². The summed E-state index contributed by atoms with van der Waals surface area (Å²) in [5, 5.41) is 4.34. The van der Waals surface area contributed by atoms with Gasteiger partial charge in [0.15, 0.2) is 0 Å². The zero-order valence-electron chi connectivity index (χ0n) is 14.2. The maximum absolute atomic E-state index is 14.5. The number of hydrogen-bond acceptors (Lipinski definition) is 3. The van der Waals surface area contributed by atoms with Crippen LogP contribution in [0.4, 0.5) is 4.39 Å². The Morgan fingerprint density at radius 2 is 2.12 bits per heavy atom. The Kier molecular flexibility index (Phi) is 3.75. The van der Waals surface area contributed by atoms with Crippen LogP contribution in [0.2, 0.25) is 0 Å². The highest BCUT2D eigenvalue weighted by molar-refractivity contribution is 5.56. The lowest BCUT2D eigenvalue weighted by Gasteiger charge is -2.14. The first-order valence-electron chi connectivity index (χ1n) is 8.43. The SMILES string of the molecule is Cc1nc(-c2cnn(C(C)c3ccc(C4CC4)cc3F)c2)cc(=O)[nH]1. The van der Waals surface area contributed by atoms with Gasteiger partial charge in [-0.3, -0.25) is 9.48 Å². The van der Waals surface area contributed by atoms with Crippen LogP contribution in [0.15, 0.2) is 41.5 Å². The molecule has 0 aliphatic heterocycles. The highest BCUT2D eigenvalue weighted by atomic mass is 19.1. The summed E-state index contributed by atoms with van der Waals surface area (Å²) in [6.45, 7) is 3.64. The number of nitrogens with one attached hydrogen (secondary N) is 1. The van der Waals surface area contributed by atoms with E-state index in [1.165, 1.54) is 6.07 Å². The van der Waals surface area contributed by atoms with E-state index in [1.54, 1.807) is 30.1 Å². The van der Waals surface area contributed by atoms with E-state index in [0.29, 0.717) is 23.0 Å². The van der Waals surface area contributed by atoms with Gasteiger partial charge in [-0.2, -0.15) is 5.10 Å². The van der Waals surface area contributed by atoms with E-state index in [9.17, 15) is 9.18 Å². The lowest BCUT2D eigenvalue weighted by Crippen LogP contribution is -2.10. The zero-order valence-corrected chi connectivity index (χ0v) is 14.2. The molecule has 6 heteroatoms. The third kappa shape index (κ3) is 3.12. The first kappa shape index (κ1) is 15.7. The molecule has 1 aliphatic rings. The average Bonchev–Trinajstić information content (AvgIpc) is 3.30. The van der Waals surface area contributed by atoms with Gasteiger partial charge < -0.3 is 4.98 Å². The number of hydrogen-bond donors (Lipinski definition) is 1. The normalized spacial score (nSPS) is 15.3. The topological polar surface area (TPSA) is 63.6 Å². The van der Waals surface area contributed by atoms with Crippen LogP contribution in [0, 0.1) is 12.7 Å². The molecule has 2 heterocycles. The Balaban J connectivity index is 1.64. The van der Waals surface area contributed by atoms with Gasteiger partial charge in [-0.1, -0.05) is 12.1 Å². The molecule has 5 nitrogen and oxygen atoms in total. The first-order valence-corrected chi connectivity index (χ1v) is 8.43. The molecule has 1 saturated carbocycles. The van der Waals surface area contributed by atoms with E-state index < -0.39 is 0 Å². The third-order valence-electron chi connectivity index (χ3n) is 4.68. The van der Waals surface area contributed by atoms with E-state index in [0.717, 1.165) is 24.0 Å². The molecule has 1 N–H and O–H groups in total. The minimum absolute atomic E-state index is 0.195. The van der Waals surface area contributed by atoms with E-state index in [2.05, 4.69) is 15.1 Å². The summed E-state index contributed by atoms with van der Waals surface area (Å²) in [5.41, 5.74) is 2.78. The summed E-state index contributed by atoms with van der Waals surface area (Å²) in [7, 11) is 0. The van der Waals surface area contributed by atoms with Crippen molar-refractivity contribution in [1.82, 2.24) is 19.7 Å². The highest BCUT2D eigenvalue weighted by Crippen LogP contribution is 2.40. The molecule has 128 valence electrons. The second-order valence-corrected chi connectivity index (χ2v) is 6.66. The molecule has 0 saturated heterocycles. The second-order valence-electron chi connectivity index (χ2n) is 6.66. The van der Waals surface area contributed by atoms with Crippen LogP contribution in [0.5, 0.6) is 0 Å². The molecule has 1 unspecified atom stereocenters. The Morgan fingerprint density at radius 3 is 2.80 bits per heavy atom. The van der Waals surface area contributed by atoms with Gasteiger partial charge >= 0.3 is 0 Å². The molecule has 2 aromatic heterocycles. The van der Waals surface area contributed by atoms with Gasteiger partial charge in [-0.25, -0.2) is 9.37 Å². The van der Waals surface area contributed by atoms with Gasteiger partial charge in [-0.15, -0.1) is 0 Å². The van der Waals surface area contributed by atoms with Crippen LogP contribution in [0.25, 0.3) is 11.3 Å². The van der Waals surface area contributed by atoms with E-state index in [-0.39, 0.29) is 17.4 Å². The second kappa shape index (κ2) is 5.95. The van der Waals surface area contributed by atoms with Crippen molar-refractivity contribution in [1.29, 1.82) is 0 Å². The van der Waals surface area contributed by atoms with Gasteiger partial charge in [0.1, 0.15) is 11.6 Å². The molecule has 1 atom stereocenters. The molecule has 3 aromatic rings. The van der Waals surface area contributed by atoms with Gasteiger partial charge in [0.05, 0.1) is 17.9 Å². The maximum atomic E-state index is 14.5. The molecular formula is C19H19FN4O. The standard InChI is InChI=1S/C19H19FN4O/c1-11(16-6-5-14(7-17(16)20)13-3-4-13)24-10-15(9-21-24)18-8-19(25)23-12(2)22-18/h5-11,13H,3-4H2,1-2H3,(H,22,23,25). The van der Waals surface area contributed by atoms with Crippen LogP contribution >= 0.6 is 0 Å². The van der Waals surface area contributed by atoms with Crippen LogP contribution in [-0.2, 0) is 0 Å². The Bertz CT molecular complexity index is 987. The fourth-order valence-electron chi connectivity index (χ4n) is 3.10. The number of aromatic nitrogens is 4. The van der Waals surface area contributed by atoms with Crippen molar-refractivity contribution < 1.29 is 4.39 Å². The Morgan fingerprint density at radius 1 is 1.32 bits per heavy atom. The van der Waals surface area contributed by atoms with Crippen LogP contribution in [-0.4, -0.2) is 19.7 Å². The minimum atomic E-state index is -0.245. The van der Waals surface area contributed by atoms with Gasteiger partial charge in [0.2, 0.25) is 0 Å². The number of rotatable bonds is 4. The lowest BCUT2D eigenvalue weighted by atomic mass is 10.0. The maximum Gasteiger partial charge on any atom is 0.251 e. The molecule has 1 fully saturated rings. The predicted octanol–water partition coefficient (Wildman–Crippen LogP) is 3.57. The van der Waals surface area contributed by atoms with Gasteiger partial charge in [0.25, 0.3) is 5.56 Å². The first-order chi connectivity index (χ1) is 12.0. The highest BCUT2D eigenvalue weighted by Gasteiger charge is 2.25. The molecule has 0 radical (unpaired) electrons. The molecule has 4 rings (SSSR count). The van der Waals surface area contributed by atoms with Crippen molar-refractivity contribution in [2.24, 2.45) is 0 Å². The molecular weight excluding hydrogens is 319 g/mol. The number of aromatic amines is 1. The van der Waals surface area contributed by atoms with E-state index >= 15 is 0 Å². The van der Waals surface area contributed by atoms with Crippen molar-refractivity contribution in [2.45, 2.75) is 38.6 Å². The van der Waals surface area contributed by atoms with Crippen molar-refractivity contribution in [2.75, 3.05) is 0 Å². The molecule has 0 amide bonds. The molecule has 0 spiro atoms. The number of H-pyrrole nitrogens is 1. The van der Waals surface area contributed by atoms with Crippen molar-refractivity contribution in [3.8, 4) is 11.3 Å². The summed E-state index contributed by atoms with van der Waals surface area (Å²) < 4.78 is 16.2. The summed E-state index contributed by atoms with van der Waals surface area (Å²) >= 11 is 0. The van der Waals surface area contributed by atoms with Gasteiger partial charge in [-0.05, 0) is 44.2 Å². The lowest BCUT2D eigenvalue weighted by molar-refractivity contribution is 0.520. The summed E-state index contributed by atoms with van der Waals surface area (Å²) in [6, 6.07) is 6.70. The third-order valence-corrected chi connectivity index (χ3v) is 4.68. The summed E-state index contributed by atoms with van der Waals surface area (Å²) in [4.78, 5) is 18.6. The fourth-order valence-corrected chi connectivity index (χ4v) is 3.10. The van der Waals surface area contributed by atoms with Crippen molar-refractivity contribution in [3.05, 3.63) is 69.8 Å². The smallest absolute Gasteiger partial charge is 0.251 e. The Labute approximate surface area is 144 Å². The number of benzene rings is 1. The quantitative estimate of drug-likeness (QED) is 0.791. The molecule has 1 aliphatic carbocycles. The van der Waals surface area contributed by atoms with Crippen molar-refractivity contribution in [3.63, 3.8) is 0 Å². The van der Waals surface area contributed by atoms with Crippen LogP contribution in [0.3, 0.4) is 0 Å². The zero-order chi connectivity index (χ0) is 17.6. The number of nitrogens with zero attached hydrogens (tertiary/aromatic N) is 3. The molecule has 0 bridgehead atoms. The summed E-state index contributed by atoms with van der Waals surface area (Å²) in [5.74, 6) is 0.879. The number of aryl methyl sites for hydroxylation is 1. The fraction of sp³-hybridized carbons (Fsp3) is 0.316. The van der Waals surface area contributed by atoms with Gasteiger partial charge in [0, 0.05) is 23.4 Å². The Hall–Kier alpha value is -2.76. The molecule has 25 heavy (non-hydrogen) atoms. The largest absolute Gasteiger partial charge is 0.311 e. The monoisotopic (exact) mass is 338 g/mol. The molecule has 1 aromatic carbocycles. The van der Waals surface area contributed by atoms with Crippen molar-refractivity contribution >= 4 is 0 Å². The van der Waals surface area contributed by atoms with E-state index in [4.69, 9.17) is 0 Å². The minimum Gasteiger partial charge on any atom is -0.311 e. The predicted molar refractivity (Wildman–Crippen MR) is 93.0 cm³/mol. The summed E-state index contributed by atoms with van der Waals surface area (Å²) in [6.07, 6.45) is 5.74. The van der Waals surface area contributed by atoms with E-state index in [1.807, 2.05) is 19.1 Å². The number of halogens is 1. The van der Waals surface area contributed by atoms with Crippen LogP contribution in [0.1, 0.15) is 48.7 Å². The average molecular weight is 338 g/mol.